The van der Waals surface area contributed by atoms with Crippen molar-refractivity contribution >= 4 is 57.5 Å². The van der Waals surface area contributed by atoms with E-state index in [1.165, 1.54) is 30.0 Å². The highest BCUT2D eigenvalue weighted by Crippen LogP contribution is 2.54. The summed E-state index contributed by atoms with van der Waals surface area (Å²) in [6, 6.07) is 16.8. The molecule has 236 valence electrons. The maximum Gasteiger partial charge on any atom is 0.420 e. The summed E-state index contributed by atoms with van der Waals surface area (Å²) in [6.45, 7) is -0.0309. The van der Waals surface area contributed by atoms with Gasteiger partial charge in [0, 0.05) is 43.9 Å². The Labute approximate surface area is 275 Å². The number of hydrogen-bond acceptors (Lipinski definition) is 4. The number of nitrogens with zero attached hydrogens (tertiary/aromatic N) is 2. The smallest absolute Gasteiger partial charge is 0.420 e. The van der Waals surface area contributed by atoms with Gasteiger partial charge in [0.15, 0.2) is 0 Å². The SMILES string of the molecule is COc1ccc2c3c(c(Cl)cc2c1)C(Cc1ccc(C(=O)NCCC(=O)O)cc1)n1nc(-c2cc(Cl)cc(Cl)c2)c(C(F)(F)F)c1-3. The van der Waals surface area contributed by atoms with Crippen molar-refractivity contribution in [2.75, 3.05) is 13.7 Å². The number of alkyl halides is 3. The average molecular weight is 689 g/mol. The lowest BCUT2D eigenvalue weighted by Gasteiger charge is -2.17. The molecule has 1 aliphatic heterocycles. The highest BCUT2D eigenvalue weighted by molar-refractivity contribution is 6.35. The van der Waals surface area contributed by atoms with Gasteiger partial charge in [0.05, 0.1) is 25.3 Å². The van der Waals surface area contributed by atoms with Crippen LogP contribution in [0.5, 0.6) is 5.75 Å². The molecule has 0 saturated carbocycles. The van der Waals surface area contributed by atoms with E-state index in [0.29, 0.717) is 38.8 Å². The van der Waals surface area contributed by atoms with E-state index in [9.17, 15) is 9.59 Å². The molecule has 0 radical (unpaired) electrons. The molecule has 0 spiro atoms. The van der Waals surface area contributed by atoms with Crippen LogP contribution in [0.1, 0.15) is 39.5 Å². The Morgan fingerprint density at radius 3 is 2.33 bits per heavy atom. The van der Waals surface area contributed by atoms with Crippen LogP contribution in [0.2, 0.25) is 15.1 Å². The fraction of sp³-hybridized carbons (Fsp3) is 0.182. The molecule has 6 rings (SSSR count). The van der Waals surface area contributed by atoms with Gasteiger partial charge < -0.3 is 15.2 Å². The number of aliphatic carboxylic acids is 1. The van der Waals surface area contributed by atoms with E-state index >= 15 is 13.2 Å². The van der Waals surface area contributed by atoms with E-state index in [0.717, 1.165) is 0 Å². The number of amides is 1. The molecular weight excluding hydrogens is 666 g/mol. The number of carbonyl (C=O) groups is 2. The third kappa shape index (κ3) is 5.88. The number of rotatable bonds is 8. The largest absolute Gasteiger partial charge is 0.497 e. The van der Waals surface area contributed by atoms with Crippen molar-refractivity contribution in [3.8, 4) is 28.3 Å². The van der Waals surface area contributed by atoms with Gasteiger partial charge in [-0.25, -0.2) is 0 Å². The lowest BCUT2D eigenvalue weighted by atomic mass is 9.91. The summed E-state index contributed by atoms with van der Waals surface area (Å²) in [5, 5.41) is 17.6. The van der Waals surface area contributed by atoms with Gasteiger partial charge in [-0.2, -0.15) is 18.3 Å². The van der Waals surface area contributed by atoms with E-state index < -0.39 is 29.7 Å². The van der Waals surface area contributed by atoms with E-state index in [4.69, 9.17) is 44.6 Å². The maximum atomic E-state index is 15.1. The predicted molar refractivity (Wildman–Crippen MR) is 170 cm³/mol. The summed E-state index contributed by atoms with van der Waals surface area (Å²) in [6.07, 6.45) is -4.85. The Morgan fingerprint density at radius 1 is 1.00 bits per heavy atom. The molecule has 0 bridgehead atoms. The van der Waals surface area contributed by atoms with Gasteiger partial charge in [0.2, 0.25) is 0 Å². The molecule has 2 N–H and O–H groups in total. The van der Waals surface area contributed by atoms with Crippen molar-refractivity contribution in [2.45, 2.75) is 25.1 Å². The van der Waals surface area contributed by atoms with Gasteiger partial charge in [0.25, 0.3) is 5.91 Å². The van der Waals surface area contributed by atoms with Gasteiger partial charge >= 0.3 is 12.1 Å². The average Bonchev–Trinajstić information content (AvgIpc) is 3.53. The molecule has 13 heteroatoms. The Kier molecular flexibility index (Phi) is 8.39. The minimum absolute atomic E-state index is 0.0309. The number of ether oxygens (including phenoxy) is 1. The van der Waals surface area contributed by atoms with E-state index in [2.05, 4.69) is 10.4 Å². The number of carboxylic acids is 1. The fourth-order valence-corrected chi connectivity index (χ4v) is 6.71. The zero-order valence-corrected chi connectivity index (χ0v) is 26.2. The van der Waals surface area contributed by atoms with E-state index in [1.807, 2.05) is 0 Å². The van der Waals surface area contributed by atoms with Crippen molar-refractivity contribution in [3.05, 3.63) is 104 Å². The predicted octanol–water partition coefficient (Wildman–Crippen LogP) is 8.71. The summed E-state index contributed by atoms with van der Waals surface area (Å²) in [4.78, 5) is 23.2. The number of benzene rings is 4. The van der Waals surface area contributed by atoms with Crippen LogP contribution >= 0.6 is 34.8 Å². The third-order valence-corrected chi connectivity index (χ3v) is 8.55. The van der Waals surface area contributed by atoms with Crippen LogP contribution in [0.15, 0.2) is 66.7 Å². The van der Waals surface area contributed by atoms with Crippen LogP contribution in [-0.2, 0) is 17.4 Å². The number of halogens is 6. The second kappa shape index (κ2) is 12.2. The number of hydrogen-bond donors (Lipinski definition) is 2. The molecule has 7 nitrogen and oxygen atoms in total. The second-order valence-corrected chi connectivity index (χ2v) is 12.0. The minimum atomic E-state index is -4.82. The number of aromatic nitrogens is 2. The maximum absolute atomic E-state index is 15.1. The zero-order valence-electron chi connectivity index (χ0n) is 23.9. The fourth-order valence-electron chi connectivity index (χ4n) is 5.85. The van der Waals surface area contributed by atoms with Crippen LogP contribution in [0, 0.1) is 0 Å². The quantitative estimate of drug-likeness (QED) is 0.170. The van der Waals surface area contributed by atoms with Gasteiger partial charge in [-0.05, 0) is 71.3 Å². The summed E-state index contributed by atoms with van der Waals surface area (Å²) in [7, 11) is 1.50. The Hall–Kier alpha value is -4.25. The molecule has 1 aliphatic rings. The van der Waals surface area contributed by atoms with Crippen molar-refractivity contribution in [2.24, 2.45) is 0 Å². The number of methoxy groups -OCH3 is 1. The molecule has 0 aliphatic carbocycles. The van der Waals surface area contributed by atoms with Crippen molar-refractivity contribution in [1.29, 1.82) is 0 Å². The van der Waals surface area contributed by atoms with E-state index in [-0.39, 0.29) is 51.4 Å². The molecule has 2 heterocycles. The summed E-state index contributed by atoms with van der Waals surface area (Å²) in [5.74, 6) is -0.965. The first-order valence-corrected chi connectivity index (χ1v) is 15.0. The Bertz CT molecular complexity index is 2010. The molecule has 0 saturated heterocycles. The number of fused-ring (bicyclic) bond motifs is 5. The van der Waals surface area contributed by atoms with E-state index in [1.54, 1.807) is 48.5 Å². The molecule has 46 heavy (non-hydrogen) atoms. The number of carboxylic acid groups (broad SMARTS) is 1. The summed E-state index contributed by atoms with van der Waals surface area (Å²) in [5.41, 5.74) is 0.512. The molecule has 1 amide bonds. The van der Waals surface area contributed by atoms with Crippen molar-refractivity contribution < 1.29 is 32.6 Å². The summed E-state index contributed by atoms with van der Waals surface area (Å²) < 4.78 is 52.0. The topological polar surface area (TPSA) is 93.5 Å². The molecular formula is C33H23Cl3F3N3O4. The standard InChI is InChI=1S/C33H23Cl3F3N3O4/c1-46-22-6-7-23-18(13-22)14-24(36)28-25(10-16-2-4-17(5-3-16)32(45)40-9-8-26(43)44)42-31(27(23)28)29(33(37,38)39)30(41-42)19-11-20(34)15-21(35)12-19/h2-7,11-15,25H,8-10H2,1H3,(H,40,45)(H,43,44). The normalized spacial score (nSPS) is 13.8. The van der Waals surface area contributed by atoms with Gasteiger partial charge in [-0.1, -0.05) is 53.0 Å². The van der Waals surface area contributed by atoms with Crippen molar-refractivity contribution in [3.63, 3.8) is 0 Å². The third-order valence-electron chi connectivity index (χ3n) is 7.80. The zero-order chi connectivity index (χ0) is 32.9. The lowest BCUT2D eigenvalue weighted by molar-refractivity contribution is -0.137. The minimum Gasteiger partial charge on any atom is -0.497 e. The highest BCUT2D eigenvalue weighted by Gasteiger charge is 2.46. The van der Waals surface area contributed by atoms with Crippen molar-refractivity contribution in [1.82, 2.24) is 15.1 Å². The first-order valence-electron chi connectivity index (χ1n) is 13.9. The Balaban J connectivity index is 1.52. The van der Waals surface area contributed by atoms with Crippen LogP contribution in [0.3, 0.4) is 0 Å². The first-order chi connectivity index (χ1) is 21.8. The van der Waals surface area contributed by atoms with Crippen LogP contribution in [0.4, 0.5) is 13.2 Å². The highest BCUT2D eigenvalue weighted by atomic mass is 35.5. The molecule has 0 fully saturated rings. The molecule has 5 aromatic rings. The molecule has 1 unspecified atom stereocenters. The molecule has 4 aromatic carbocycles. The van der Waals surface area contributed by atoms with Crippen LogP contribution in [-0.4, -0.2) is 40.4 Å². The molecule has 1 atom stereocenters. The number of carbonyl (C=O) groups excluding carboxylic acids is 1. The first kappa shape index (κ1) is 31.7. The van der Waals surface area contributed by atoms with Crippen LogP contribution < -0.4 is 10.1 Å². The van der Waals surface area contributed by atoms with Crippen LogP contribution in [0.25, 0.3) is 33.3 Å². The van der Waals surface area contributed by atoms with Gasteiger partial charge in [-0.15, -0.1) is 0 Å². The number of nitrogens with one attached hydrogen (secondary N) is 1. The summed E-state index contributed by atoms with van der Waals surface area (Å²) >= 11 is 19.3. The molecule has 1 aromatic heterocycles. The Morgan fingerprint density at radius 2 is 1.70 bits per heavy atom. The lowest BCUT2D eigenvalue weighted by Crippen LogP contribution is -2.25. The van der Waals surface area contributed by atoms with Gasteiger partial charge in [0.1, 0.15) is 17.0 Å². The second-order valence-electron chi connectivity index (χ2n) is 10.7. The van der Waals surface area contributed by atoms with Gasteiger partial charge in [-0.3, -0.25) is 14.3 Å². The monoisotopic (exact) mass is 687 g/mol.